The molecule has 1 saturated heterocycles. The molecule has 5 heteroatoms. The molecule has 138 valence electrons. The van der Waals surface area contributed by atoms with Crippen molar-refractivity contribution in [2.75, 3.05) is 13.2 Å². The minimum atomic E-state index is -3.44. The molecule has 1 aromatic rings. The van der Waals surface area contributed by atoms with Gasteiger partial charge in [-0.05, 0) is 46.6 Å². The molecule has 0 atom stereocenters. The van der Waals surface area contributed by atoms with Gasteiger partial charge in [-0.2, -0.15) is 9.05 Å². The average Bonchev–Trinajstić information content (AvgIpc) is 2.70. The quantitative estimate of drug-likeness (QED) is 0.380. The van der Waals surface area contributed by atoms with Gasteiger partial charge in [-0.25, -0.2) is 0 Å². The highest BCUT2D eigenvalue weighted by molar-refractivity contribution is 7.70. The standard InChI is InChI=1S/C20H29O4P/c1-6-7-11-15-22-16-14-18(17-12-9-8-10-13-17)25(21)23-19(2,3)20(4,5)24-25/h6,8-10,12-14H,1,7,11,15-16H2,2-5H3/b18-14+. The molecule has 0 N–H and O–H groups in total. The number of hydrogen-bond acceptors (Lipinski definition) is 4. The van der Waals surface area contributed by atoms with Gasteiger partial charge in [0.1, 0.15) is 11.2 Å². The zero-order valence-corrected chi connectivity index (χ0v) is 16.6. The Hall–Kier alpha value is -1.03. The highest BCUT2D eigenvalue weighted by atomic mass is 31.2. The highest BCUT2D eigenvalue weighted by Gasteiger charge is 2.61. The summed E-state index contributed by atoms with van der Waals surface area (Å²) in [5.74, 6) is 0. The summed E-state index contributed by atoms with van der Waals surface area (Å²) in [7, 11) is -3.44. The van der Waals surface area contributed by atoms with E-state index < -0.39 is 19.1 Å². The molecule has 1 aliphatic rings. The van der Waals surface area contributed by atoms with Crippen LogP contribution in [0.25, 0.3) is 5.31 Å². The summed E-state index contributed by atoms with van der Waals surface area (Å²) in [6.45, 7) is 12.3. The predicted octanol–water partition coefficient (Wildman–Crippen LogP) is 4.74. The second kappa shape index (κ2) is 8.11. The Kier molecular flexibility index (Phi) is 6.58. The predicted molar refractivity (Wildman–Crippen MR) is 102 cm³/mol. The molecule has 0 aromatic heterocycles. The number of benzene rings is 1. The fourth-order valence-corrected chi connectivity index (χ4v) is 5.12. The number of rotatable bonds is 8. The Bertz CT molecular complexity index is 591. The van der Waals surface area contributed by atoms with Gasteiger partial charge in [0.2, 0.25) is 0 Å². The van der Waals surface area contributed by atoms with Gasteiger partial charge < -0.3 is 9.63 Å². The van der Waals surface area contributed by atoms with Gasteiger partial charge in [0, 0.05) is 12.2 Å². The van der Waals surface area contributed by atoms with E-state index in [1.54, 1.807) is 0 Å². The van der Waals surface area contributed by atoms with Crippen LogP contribution in [0.15, 0.2) is 49.1 Å². The molecule has 4 nitrogen and oxygen atoms in total. The van der Waals surface area contributed by atoms with Crippen molar-refractivity contribution >= 4 is 13.3 Å². The van der Waals surface area contributed by atoms with Crippen LogP contribution < -0.4 is 4.89 Å². The van der Waals surface area contributed by atoms with E-state index in [1.807, 2.05) is 70.2 Å². The lowest BCUT2D eigenvalue weighted by atomic mass is 9.90. The summed E-state index contributed by atoms with van der Waals surface area (Å²) in [4.78, 5) is 13.5. The van der Waals surface area contributed by atoms with Gasteiger partial charge in [0.05, 0.1) is 6.61 Å². The summed E-state index contributed by atoms with van der Waals surface area (Å²) < 4.78 is 17.6. The molecule has 2 rings (SSSR count). The zero-order chi connectivity index (χ0) is 18.6. The fraction of sp³-hybridized carbons (Fsp3) is 0.500. The van der Waals surface area contributed by atoms with E-state index in [9.17, 15) is 4.89 Å². The number of allylic oxidation sites excluding steroid dienone is 1. The second-order valence-electron chi connectivity index (χ2n) is 7.16. The lowest BCUT2D eigenvalue weighted by Crippen LogP contribution is -2.41. The van der Waals surface area contributed by atoms with Gasteiger partial charge in [0.25, 0.3) is 7.94 Å². The van der Waals surface area contributed by atoms with Crippen molar-refractivity contribution in [2.24, 2.45) is 0 Å². The first-order chi connectivity index (χ1) is 11.7. The van der Waals surface area contributed by atoms with Crippen LogP contribution in [-0.4, -0.2) is 24.4 Å². The van der Waals surface area contributed by atoms with Crippen molar-refractivity contribution in [3.05, 3.63) is 54.6 Å². The first-order valence-electron chi connectivity index (χ1n) is 8.68. The topological polar surface area (TPSA) is 50.8 Å². The third-order valence-corrected chi connectivity index (χ3v) is 7.03. The maximum absolute atomic E-state index is 13.5. The van der Waals surface area contributed by atoms with Gasteiger partial charge in [-0.1, -0.05) is 36.4 Å². The first-order valence-corrected chi connectivity index (χ1v) is 10.2. The first kappa shape index (κ1) is 20.3. The molecule has 0 bridgehead atoms. The third kappa shape index (κ3) is 4.78. The Morgan fingerprint density at radius 3 is 2.32 bits per heavy atom. The van der Waals surface area contributed by atoms with E-state index in [1.165, 1.54) is 0 Å². The highest BCUT2D eigenvalue weighted by Crippen LogP contribution is 2.74. The molecule has 0 aliphatic carbocycles. The normalized spacial score (nSPS) is 21.2. The Labute approximate surface area is 152 Å². The van der Waals surface area contributed by atoms with Crippen LogP contribution in [0.2, 0.25) is 0 Å². The summed E-state index contributed by atoms with van der Waals surface area (Å²) >= 11 is 0. The Morgan fingerprint density at radius 2 is 1.76 bits per heavy atom. The summed E-state index contributed by atoms with van der Waals surface area (Å²) in [5, 5.41) is 0.565. The second-order valence-corrected chi connectivity index (χ2v) is 9.00. The number of hydrogen-bond donors (Lipinski definition) is 0. The third-order valence-electron chi connectivity index (χ3n) is 4.60. The van der Waals surface area contributed by atoms with Crippen LogP contribution in [-0.2, 0) is 13.8 Å². The molecule has 1 aromatic carbocycles. The minimum Gasteiger partial charge on any atom is -0.627 e. The zero-order valence-electron chi connectivity index (χ0n) is 15.7. The van der Waals surface area contributed by atoms with Crippen molar-refractivity contribution in [3.63, 3.8) is 0 Å². The molecular formula is C20H29O4P. The van der Waals surface area contributed by atoms with Crippen molar-refractivity contribution in [1.29, 1.82) is 0 Å². The number of ether oxygens (including phenoxy) is 1. The van der Waals surface area contributed by atoms with Crippen LogP contribution in [0.5, 0.6) is 0 Å². The molecule has 0 radical (unpaired) electrons. The van der Waals surface area contributed by atoms with Crippen LogP contribution in [0.3, 0.4) is 0 Å². The van der Waals surface area contributed by atoms with E-state index in [2.05, 4.69) is 6.58 Å². The van der Waals surface area contributed by atoms with Crippen LogP contribution in [0.1, 0.15) is 46.1 Å². The van der Waals surface area contributed by atoms with Crippen LogP contribution in [0.4, 0.5) is 0 Å². The molecule has 1 heterocycles. The largest absolute Gasteiger partial charge is 0.627 e. The fourth-order valence-electron chi connectivity index (χ4n) is 2.49. The van der Waals surface area contributed by atoms with Gasteiger partial charge in [-0.15, -0.1) is 6.58 Å². The molecule has 25 heavy (non-hydrogen) atoms. The minimum absolute atomic E-state index is 0.360. The molecule has 1 fully saturated rings. The summed E-state index contributed by atoms with van der Waals surface area (Å²) in [6.07, 6.45) is 5.53. The Balaban J connectivity index is 2.22. The van der Waals surface area contributed by atoms with E-state index in [4.69, 9.17) is 13.8 Å². The lowest BCUT2D eigenvalue weighted by Gasteiger charge is -2.25. The monoisotopic (exact) mass is 364 g/mol. The van der Waals surface area contributed by atoms with Gasteiger partial charge in [-0.3, -0.25) is 0 Å². The van der Waals surface area contributed by atoms with Gasteiger partial charge >= 0.3 is 0 Å². The van der Waals surface area contributed by atoms with Crippen molar-refractivity contribution in [1.82, 2.24) is 0 Å². The Morgan fingerprint density at radius 1 is 1.16 bits per heavy atom. The summed E-state index contributed by atoms with van der Waals surface area (Å²) in [6, 6.07) is 9.56. The van der Waals surface area contributed by atoms with E-state index >= 15 is 0 Å². The van der Waals surface area contributed by atoms with E-state index in [-0.39, 0.29) is 0 Å². The number of unbranched alkanes of at least 4 members (excludes halogenated alkanes) is 1. The van der Waals surface area contributed by atoms with Crippen molar-refractivity contribution in [3.8, 4) is 0 Å². The van der Waals surface area contributed by atoms with Crippen molar-refractivity contribution < 1.29 is 18.7 Å². The van der Waals surface area contributed by atoms with E-state index in [0.717, 1.165) is 18.4 Å². The maximum Gasteiger partial charge on any atom is 0.273 e. The molecule has 0 spiro atoms. The lowest BCUT2D eigenvalue weighted by molar-refractivity contribution is -0.206. The van der Waals surface area contributed by atoms with Crippen LogP contribution in [0, 0.1) is 0 Å². The molecule has 0 unspecified atom stereocenters. The van der Waals surface area contributed by atoms with Crippen LogP contribution >= 0.6 is 7.94 Å². The molecule has 0 amide bonds. The molecular weight excluding hydrogens is 335 g/mol. The van der Waals surface area contributed by atoms with Gasteiger partial charge in [0.15, 0.2) is 5.31 Å². The summed E-state index contributed by atoms with van der Waals surface area (Å²) in [5.41, 5.74) is -0.475. The van der Waals surface area contributed by atoms with Crippen molar-refractivity contribution in [2.45, 2.75) is 51.7 Å². The molecule has 1 aliphatic heterocycles. The SMILES string of the molecule is C=CCCCOC/C=C(\c1ccccc1)[P+]1([O-])OC(C)(C)C(C)(C)O1. The van der Waals surface area contributed by atoms with E-state index in [0.29, 0.717) is 18.5 Å². The molecule has 0 saturated carbocycles. The maximum atomic E-state index is 13.5. The smallest absolute Gasteiger partial charge is 0.273 e. The average molecular weight is 364 g/mol.